The molecule has 0 spiro atoms. The van der Waals surface area contributed by atoms with Crippen LogP contribution in [0.25, 0.3) is 0 Å². The molecular weight excluding hydrogens is 318 g/mol. The summed E-state index contributed by atoms with van der Waals surface area (Å²) in [5, 5.41) is 3.71. The van der Waals surface area contributed by atoms with Crippen LogP contribution in [0.1, 0.15) is 23.2 Å². The van der Waals surface area contributed by atoms with E-state index in [0.717, 1.165) is 24.4 Å². The van der Waals surface area contributed by atoms with Crippen LogP contribution in [0, 0.1) is 0 Å². The highest BCUT2D eigenvalue weighted by atomic mass is 79.9. The first-order chi connectivity index (χ1) is 8.45. The number of unbranched alkanes of at least 4 members (excludes halogenated alkanes) is 1. The lowest BCUT2D eigenvalue weighted by Gasteiger charge is -2.05. The number of hydrogen-bond donors (Lipinski definition) is 1. The molecule has 0 aliphatic carbocycles. The molecule has 6 heteroatoms. The van der Waals surface area contributed by atoms with Crippen LogP contribution in [0.5, 0.6) is 0 Å². The lowest BCUT2D eigenvalue weighted by molar-refractivity contribution is 0.0953. The molecule has 18 heavy (non-hydrogen) atoms. The molecule has 0 radical (unpaired) electrons. The molecule has 4 nitrogen and oxygen atoms in total. The van der Waals surface area contributed by atoms with Crippen LogP contribution in [0.2, 0.25) is 0 Å². The number of alkyl halides is 1. The molecule has 0 aliphatic heterocycles. The van der Waals surface area contributed by atoms with E-state index in [1.165, 1.54) is 24.3 Å². The lowest BCUT2D eigenvalue weighted by Crippen LogP contribution is -2.24. The Morgan fingerprint density at radius 1 is 1.22 bits per heavy atom. The van der Waals surface area contributed by atoms with Gasteiger partial charge in [-0.15, -0.1) is 0 Å². The number of benzene rings is 1. The second-order valence-corrected chi connectivity index (χ2v) is 6.76. The average molecular weight is 334 g/mol. The number of nitrogens with one attached hydrogen (secondary N) is 1. The fraction of sp³-hybridized carbons (Fsp3) is 0.417. The Hall–Kier alpha value is -0.880. The van der Waals surface area contributed by atoms with E-state index in [0.29, 0.717) is 12.1 Å². The van der Waals surface area contributed by atoms with E-state index < -0.39 is 9.84 Å². The molecule has 0 fully saturated rings. The van der Waals surface area contributed by atoms with Crippen molar-refractivity contribution in [2.45, 2.75) is 17.7 Å². The minimum absolute atomic E-state index is 0.176. The zero-order chi connectivity index (χ0) is 13.6. The summed E-state index contributed by atoms with van der Waals surface area (Å²) in [6, 6.07) is 5.94. The number of amides is 1. The molecule has 0 bridgehead atoms. The van der Waals surface area contributed by atoms with Crippen LogP contribution >= 0.6 is 15.9 Å². The third-order valence-electron chi connectivity index (χ3n) is 2.39. The normalized spacial score (nSPS) is 11.2. The second kappa shape index (κ2) is 6.89. The molecule has 0 saturated carbocycles. The molecular formula is C12H16BrNO3S. The zero-order valence-electron chi connectivity index (χ0n) is 10.1. The van der Waals surface area contributed by atoms with E-state index in [2.05, 4.69) is 21.2 Å². The van der Waals surface area contributed by atoms with Crippen molar-refractivity contribution in [3.63, 3.8) is 0 Å². The minimum atomic E-state index is -3.21. The molecule has 0 atom stereocenters. The molecule has 1 aromatic carbocycles. The smallest absolute Gasteiger partial charge is 0.251 e. The van der Waals surface area contributed by atoms with Gasteiger partial charge in [-0.1, -0.05) is 15.9 Å². The zero-order valence-corrected chi connectivity index (χ0v) is 12.6. The van der Waals surface area contributed by atoms with Crippen molar-refractivity contribution in [1.29, 1.82) is 0 Å². The summed E-state index contributed by atoms with van der Waals surface area (Å²) in [6.45, 7) is 0.623. The summed E-state index contributed by atoms with van der Waals surface area (Å²) in [4.78, 5) is 11.9. The Balaban J connectivity index is 2.60. The molecule has 0 aromatic heterocycles. The first kappa shape index (κ1) is 15.2. The summed E-state index contributed by atoms with van der Waals surface area (Å²) in [5.41, 5.74) is 0.473. The van der Waals surface area contributed by atoms with Gasteiger partial charge in [-0.3, -0.25) is 4.79 Å². The number of carbonyl (C=O) groups excluding carboxylic acids is 1. The van der Waals surface area contributed by atoms with Gasteiger partial charge in [0, 0.05) is 23.7 Å². The lowest BCUT2D eigenvalue weighted by atomic mass is 10.2. The minimum Gasteiger partial charge on any atom is -0.352 e. The number of rotatable bonds is 6. The van der Waals surface area contributed by atoms with Gasteiger partial charge in [-0.2, -0.15) is 0 Å². The fourth-order valence-corrected chi connectivity index (χ4v) is 2.40. The fourth-order valence-electron chi connectivity index (χ4n) is 1.38. The van der Waals surface area contributed by atoms with Crippen molar-refractivity contribution in [3.8, 4) is 0 Å². The van der Waals surface area contributed by atoms with Crippen LogP contribution < -0.4 is 5.32 Å². The van der Waals surface area contributed by atoms with E-state index >= 15 is 0 Å². The number of carbonyl (C=O) groups is 1. The Bertz CT molecular complexity index is 497. The molecule has 1 N–H and O–H groups in total. The van der Waals surface area contributed by atoms with Crippen LogP contribution in [-0.4, -0.2) is 32.5 Å². The summed E-state index contributed by atoms with van der Waals surface area (Å²) < 4.78 is 22.5. The summed E-state index contributed by atoms with van der Waals surface area (Å²) >= 11 is 3.32. The third kappa shape index (κ3) is 4.78. The van der Waals surface area contributed by atoms with Gasteiger partial charge >= 0.3 is 0 Å². The van der Waals surface area contributed by atoms with Crippen molar-refractivity contribution in [1.82, 2.24) is 5.32 Å². The highest BCUT2D eigenvalue weighted by Gasteiger charge is 2.09. The van der Waals surface area contributed by atoms with Crippen LogP contribution in [0.4, 0.5) is 0 Å². The highest BCUT2D eigenvalue weighted by Crippen LogP contribution is 2.10. The average Bonchev–Trinajstić information content (AvgIpc) is 2.33. The predicted molar refractivity (Wildman–Crippen MR) is 74.9 cm³/mol. The van der Waals surface area contributed by atoms with Gasteiger partial charge in [-0.05, 0) is 37.1 Å². The van der Waals surface area contributed by atoms with Gasteiger partial charge in [0.2, 0.25) is 0 Å². The summed E-state index contributed by atoms with van der Waals surface area (Å²) in [7, 11) is -3.21. The number of sulfone groups is 1. The van der Waals surface area contributed by atoms with E-state index in [4.69, 9.17) is 0 Å². The molecule has 100 valence electrons. The van der Waals surface area contributed by atoms with E-state index in [1.807, 2.05) is 0 Å². The molecule has 0 unspecified atom stereocenters. The molecule has 1 amide bonds. The van der Waals surface area contributed by atoms with Gasteiger partial charge < -0.3 is 5.32 Å². The van der Waals surface area contributed by atoms with Crippen molar-refractivity contribution in [2.24, 2.45) is 0 Å². The SMILES string of the molecule is CS(=O)(=O)c1ccc(C(=O)NCCCCBr)cc1. The van der Waals surface area contributed by atoms with Gasteiger partial charge in [0.25, 0.3) is 5.91 Å². The van der Waals surface area contributed by atoms with E-state index in [-0.39, 0.29) is 10.8 Å². The molecule has 1 aromatic rings. The highest BCUT2D eigenvalue weighted by molar-refractivity contribution is 9.09. The van der Waals surface area contributed by atoms with Crippen molar-refractivity contribution >= 4 is 31.7 Å². The van der Waals surface area contributed by atoms with Gasteiger partial charge in [0.05, 0.1) is 4.90 Å². The maximum absolute atomic E-state index is 11.7. The molecule has 0 aliphatic rings. The molecule has 0 saturated heterocycles. The summed E-state index contributed by atoms with van der Waals surface area (Å²) in [6.07, 6.45) is 3.06. The first-order valence-electron chi connectivity index (χ1n) is 5.59. The standard InChI is InChI=1S/C12H16BrNO3S/c1-18(16,17)11-6-4-10(5-7-11)12(15)14-9-3-2-8-13/h4-7H,2-3,8-9H2,1H3,(H,14,15). The number of hydrogen-bond acceptors (Lipinski definition) is 3. The third-order valence-corrected chi connectivity index (χ3v) is 4.08. The maximum atomic E-state index is 11.7. The quantitative estimate of drug-likeness (QED) is 0.639. The Labute approximate surface area is 116 Å². The monoisotopic (exact) mass is 333 g/mol. The molecule has 0 heterocycles. The summed E-state index contributed by atoms with van der Waals surface area (Å²) in [5.74, 6) is -0.176. The van der Waals surface area contributed by atoms with Crippen LogP contribution in [-0.2, 0) is 9.84 Å². The van der Waals surface area contributed by atoms with Crippen LogP contribution in [0.15, 0.2) is 29.2 Å². The largest absolute Gasteiger partial charge is 0.352 e. The topological polar surface area (TPSA) is 63.2 Å². The van der Waals surface area contributed by atoms with Crippen molar-refractivity contribution in [2.75, 3.05) is 18.1 Å². The maximum Gasteiger partial charge on any atom is 0.251 e. The van der Waals surface area contributed by atoms with Crippen LogP contribution in [0.3, 0.4) is 0 Å². The van der Waals surface area contributed by atoms with Gasteiger partial charge in [0.15, 0.2) is 9.84 Å². The second-order valence-electron chi connectivity index (χ2n) is 3.95. The molecule has 1 rings (SSSR count). The predicted octanol–water partition coefficient (Wildman–Crippen LogP) is 1.99. The Morgan fingerprint density at radius 3 is 2.33 bits per heavy atom. The Morgan fingerprint density at radius 2 is 1.83 bits per heavy atom. The van der Waals surface area contributed by atoms with Crippen molar-refractivity contribution in [3.05, 3.63) is 29.8 Å². The van der Waals surface area contributed by atoms with Crippen molar-refractivity contribution < 1.29 is 13.2 Å². The van der Waals surface area contributed by atoms with Gasteiger partial charge in [-0.25, -0.2) is 8.42 Å². The first-order valence-corrected chi connectivity index (χ1v) is 8.60. The van der Waals surface area contributed by atoms with E-state index in [9.17, 15) is 13.2 Å². The number of halogens is 1. The van der Waals surface area contributed by atoms with Gasteiger partial charge in [0.1, 0.15) is 0 Å². The Kier molecular flexibility index (Phi) is 5.81. The van der Waals surface area contributed by atoms with E-state index in [1.54, 1.807) is 0 Å².